The van der Waals surface area contributed by atoms with Crippen LogP contribution >= 0.6 is 0 Å². The number of ether oxygens (including phenoxy) is 5. The predicted octanol–water partition coefficient (Wildman–Crippen LogP) is 0.200. The average Bonchev–Trinajstić information content (AvgIpc) is 3.61. The Balaban J connectivity index is 1.07. The normalized spacial score (nSPS) is 53.7. The van der Waals surface area contributed by atoms with Gasteiger partial charge in [0.2, 0.25) is 0 Å². The largest absolute Gasteiger partial charge is 0.458 e. The number of rotatable bonds is 6. The van der Waals surface area contributed by atoms with Crippen molar-refractivity contribution in [1.82, 2.24) is 0 Å². The third kappa shape index (κ3) is 5.35. The number of carbonyl (C=O) groups excluding carboxylic acids is 1. The van der Waals surface area contributed by atoms with Gasteiger partial charge < -0.3 is 59.4 Å². The van der Waals surface area contributed by atoms with Crippen molar-refractivity contribution in [1.29, 1.82) is 0 Å². The van der Waals surface area contributed by atoms with Gasteiger partial charge in [-0.05, 0) is 87.0 Å². The summed E-state index contributed by atoms with van der Waals surface area (Å²) in [6.45, 7) is 5.80. The second kappa shape index (κ2) is 12.6. The van der Waals surface area contributed by atoms with Gasteiger partial charge in [0.15, 0.2) is 12.6 Å². The van der Waals surface area contributed by atoms with E-state index in [1.807, 2.05) is 0 Å². The molecule has 270 valence electrons. The monoisotopic (exact) mass is 680 g/mol. The fourth-order valence-electron chi connectivity index (χ4n) is 10.7. The van der Waals surface area contributed by atoms with E-state index < -0.39 is 73.6 Å². The molecule has 3 heterocycles. The van der Waals surface area contributed by atoms with E-state index in [0.29, 0.717) is 25.9 Å². The lowest BCUT2D eigenvalue weighted by molar-refractivity contribution is -0.369. The molecule has 0 spiro atoms. The Labute approximate surface area is 280 Å². The molecule has 3 aliphatic heterocycles. The molecule has 48 heavy (non-hydrogen) atoms. The Hall–Kier alpha value is -1.49. The van der Waals surface area contributed by atoms with Crippen LogP contribution in [0.1, 0.15) is 72.1 Å². The van der Waals surface area contributed by atoms with Crippen molar-refractivity contribution in [2.45, 2.75) is 145 Å². The molecule has 0 aromatic carbocycles. The highest BCUT2D eigenvalue weighted by Gasteiger charge is 2.67. The molecule has 17 atom stereocenters. The molecule has 7 aliphatic rings. The highest BCUT2D eigenvalue weighted by Crippen LogP contribution is 2.69. The summed E-state index contributed by atoms with van der Waals surface area (Å²) in [5.41, 5.74) is 0.982. The van der Waals surface area contributed by atoms with Crippen LogP contribution in [0.15, 0.2) is 23.3 Å². The molecule has 5 fully saturated rings. The van der Waals surface area contributed by atoms with E-state index >= 15 is 0 Å². The zero-order chi connectivity index (χ0) is 34.3. The van der Waals surface area contributed by atoms with Crippen LogP contribution in [0.3, 0.4) is 0 Å². The van der Waals surface area contributed by atoms with Crippen molar-refractivity contribution < 1.29 is 64.2 Å². The van der Waals surface area contributed by atoms with Crippen LogP contribution in [0.4, 0.5) is 0 Å². The smallest absolute Gasteiger partial charge is 0.331 e. The molecule has 2 unspecified atom stereocenters. The Bertz CT molecular complexity index is 1300. The lowest BCUT2D eigenvalue weighted by Gasteiger charge is -2.61. The van der Waals surface area contributed by atoms with Gasteiger partial charge in [-0.2, -0.15) is 0 Å². The lowest BCUT2D eigenvalue weighted by atomic mass is 9.45. The summed E-state index contributed by atoms with van der Waals surface area (Å²) < 4.78 is 29.1. The van der Waals surface area contributed by atoms with Gasteiger partial charge in [-0.1, -0.05) is 25.5 Å². The summed E-state index contributed by atoms with van der Waals surface area (Å²) in [5.74, 6) is 0.222. The van der Waals surface area contributed by atoms with Gasteiger partial charge >= 0.3 is 5.97 Å². The maximum Gasteiger partial charge on any atom is 0.331 e. The zero-order valence-corrected chi connectivity index (χ0v) is 27.9. The topological polar surface area (TPSA) is 205 Å². The van der Waals surface area contributed by atoms with Gasteiger partial charge in [0.05, 0.1) is 24.4 Å². The standard InChI is InChI=1S/C35H52O13/c1-16-25(38)28(41)30(48-31-29(42)27(40)26(39)23(14-36)47-31)32(45-16)46-19-6-9-33(2)18(13-19)4-5-22-21(33)7-10-34(3)20(8-11-35(22,34)43)17-12-24(37)44-15-17/h4,12,16,19-23,25-32,36,38-43H,5-11,13-15H2,1-3H3/t16-,19+,20+,21?,22?,23-,25-,26-,27+,28+,29-,30-,31+,32+,33+,34-,35+/m1/s1. The van der Waals surface area contributed by atoms with Crippen molar-refractivity contribution in [3.05, 3.63) is 23.3 Å². The van der Waals surface area contributed by atoms with Gasteiger partial charge in [-0.3, -0.25) is 0 Å². The number of carbonyl (C=O) groups is 1. The fourth-order valence-corrected chi connectivity index (χ4v) is 10.7. The second-order valence-corrected chi connectivity index (χ2v) is 15.9. The fraction of sp³-hybridized carbons (Fsp3) is 0.857. The van der Waals surface area contributed by atoms with E-state index in [1.165, 1.54) is 5.57 Å². The first kappa shape index (κ1) is 34.9. The summed E-state index contributed by atoms with van der Waals surface area (Å²) in [4.78, 5) is 11.9. The lowest BCUT2D eigenvalue weighted by Crippen LogP contribution is -2.64. The summed E-state index contributed by atoms with van der Waals surface area (Å²) in [5, 5.41) is 74.8. The summed E-state index contributed by atoms with van der Waals surface area (Å²) in [6.07, 6.45) is -3.90. The van der Waals surface area contributed by atoms with Crippen molar-refractivity contribution in [3.63, 3.8) is 0 Å². The number of cyclic esters (lactones) is 1. The quantitative estimate of drug-likeness (QED) is 0.148. The van der Waals surface area contributed by atoms with Crippen LogP contribution in [-0.2, 0) is 28.5 Å². The number of hydrogen-bond acceptors (Lipinski definition) is 13. The van der Waals surface area contributed by atoms with Crippen LogP contribution in [0.25, 0.3) is 0 Å². The molecule has 4 aliphatic carbocycles. The number of esters is 1. The number of aliphatic hydroxyl groups excluding tert-OH is 6. The van der Waals surface area contributed by atoms with Crippen molar-refractivity contribution in [2.75, 3.05) is 13.2 Å². The minimum atomic E-state index is -1.70. The molecule has 7 rings (SSSR count). The van der Waals surface area contributed by atoms with Crippen LogP contribution in [-0.4, -0.2) is 128 Å². The predicted molar refractivity (Wildman–Crippen MR) is 166 cm³/mol. The molecule has 3 saturated carbocycles. The molecule has 0 radical (unpaired) electrons. The summed E-state index contributed by atoms with van der Waals surface area (Å²) >= 11 is 0. The van der Waals surface area contributed by atoms with E-state index in [1.54, 1.807) is 13.0 Å². The number of allylic oxidation sites excluding steroid dienone is 1. The Morgan fingerprint density at radius 1 is 0.875 bits per heavy atom. The van der Waals surface area contributed by atoms with Crippen LogP contribution in [0, 0.1) is 28.6 Å². The van der Waals surface area contributed by atoms with E-state index in [4.69, 9.17) is 23.7 Å². The van der Waals surface area contributed by atoms with E-state index in [9.17, 15) is 40.5 Å². The minimum absolute atomic E-state index is 0.0987. The maximum absolute atomic E-state index is 12.5. The first-order chi connectivity index (χ1) is 22.7. The molecule has 0 aromatic rings. The first-order valence-electron chi connectivity index (χ1n) is 17.6. The van der Waals surface area contributed by atoms with Gasteiger partial charge in [0.25, 0.3) is 0 Å². The molecular weight excluding hydrogens is 628 g/mol. The Kier molecular flexibility index (Phi) is 9.19. The van der Waals surface area contributed by atoms with Crippen LogP contribution < -0.4 is 0 Å². The van der Waals surface area contributed by atoms with E-state index in [2.05, 4.69) is 19.9 Å². The molecule has 7 N–H and O–H groups in total. The van der Waals surface area contributed by atoms with Gasteiger partial charge in [0.1, 0.15) is 49.3 Å². The SMILES string of the molecule is C[C@H]1O[C@@H](O[C@H]2CC[C@@]3(C)C(=CCC4C3CC[C@]3(C)[C@H](C5=CC(=O)OC5)CC[C@]43O)C2)[C@H](O[C@@H]2O[C@H](CO)[C@@H](O)[C@H](O)[C@H]2O)[C@@H](O)[C@@H]1O. The second-order valence-electron chi connectivity index (χ2n) is 15.9. The minimum Gasteiger partial charge on any atom is -0.458 e. The molecule has 2 saturated heterocycles. The Morgan fingerprint density at radius 2 is 1.65 bits per heavy atom. The Morgan fingerprint density at radius 3 is 2.35 bits per heavy atom. The molecule has 0 bridgehead atoms. The molecule has 13 heteroatoms. The third-order valence-electron chi connectivity index (χ3n) is 13.6. The van der Waals surface area contributed by atoms with Crippen LogP contribution in [0.2, 0.25) is 0 Å². The number of aliphatic hydroxyl groups is 7. The van der Waals surface area contributed by atoms with Crippen LogP contribution in [0.5, 0.6) is 0 Å². The molecule has 13 nitrogen and oxygen atoms in total. The first-order valence-corrected chi connectivity index (χ1v) is 17.6. The zero-order valence-electron chi connectivity index (χ0n) is 27.9. The van der Waals surface area contributed by atoms with E-state index in [0.717, 1.165) is 37.7 Å². The van der Waals surface area contributed by atoms with Crippen molar-refractivity contribution in [3.8, 4) is 0 Å². The maximum atomic E-state index is 12.5. The summed E-state index contributed by atoms with van der Waals surface area (Å²) in [7, 11) is 0. The van der Waals surface area contributed by atoms with Crippen molar-refractivity contribution >= 4 is 5.97 Å². The number of hydrogen-bond donors (Lipinski definition) is 7. The average molecular weight is 681 g/mol. The highest BCUT2D eigenvalue weighted by atomic mass is 16.8. The summed E-state index contributed by atoms with van der Waals surface area (Å²) in [6, 6.07) is 0. The highest BCUT2D eigenvalue weighted by molar-refractivity contribution is 5.85. The van der Waals surface area contributed by atoms with E-state index in [-0.39, 0.29) is 40.7 Å². The van der Waals surface area contributed by atoms with Gasteiger partial charge in [0, 0.05) is 11.5 Å². The third-order valence-corrected chi connectivity index (χ3v) is 13.6. The van der Waals surface area contributed by atoms with Gasteiger partial charge in [-0.25, -0.2) is 4.79 Å². The number of fused-ring (bicyclic) bond motifs is 5. The van der Waals surface area contributed by atoms with Gasteiger partial charge in [-0.15, -0.1) is 0 Å². The molecule has 0 amide bonds. The van der Waals surface area contributed by atoms with Crippen molar-refractivity contribution in [2.24, 2.45) is 28.6 Å². The molecular formula is C35H52O13. The molecule has 0 aromatic heterocycles.